The van der Waals surface area contributed by atoms with Crippen molar-refractivity contribution in [2.45, 2.75) is 52.1 Å². The summed E-state index contributed by atoms with van der Waals surface area (Å²) in [6.45, 7) is 5.46. The highest BCUT2D eigenvalue weighted by molar-refractivity contribution is 5.77. The molecule has 3 atom stereocenters. The van der Waals surface area contributed by atoms with E-state index in [9.17, 15) is 9.59 Å². The van der Waals surface area contributed by atoms with Gasteiger partial charge >= 0.3 is 12.0 Å². The lowest BCUT2D eigenvalue weighted by Gasteiger charge is -2.20. The third-order valence-electron chi connectivity index (χ3n) is 4.02. The fourth-order valence-corrected chi connectivity index (χ4v) is 3.02. The lowest BCUT2D eigenvalue weighted by Crippen LogP contribution is -2.46. The maximum Gasteiger partial charge on any atom is 0.315 e. The summed E-state index contributed by atoms with van der Waals surface area (Å²) in [6.07, 6.45) is 2.13. The molecule has 2 amide bonds. The Kier molecular flexibility index (Phi) is 4.50. The number of aryl methyl sites for hydroxylation is 2. The van der Waals surface area contributed by atoms with E-state index in [4.69, 9.17) is 9.63 Å². The van der Waals surface area contributed by atoms with Crippen LogP contribution in [0.25, 0.3) is 0 Å². The number of carboxylic acid groups (broad SMARTS) is 1. The van der Waals surface area contributed by atoms with Crippen LogP contribution in [-0.4, -0.2) is 28.3 Å². The van der Waals surface area contributed by atoms with Crippen LogP contribution < -0.4 is 10.6 Å². The zero-order valence-electron chi connectivity index (χ0n) is 12.5. The summed E-state index contributed by atoms with van der Waals surface area (Å²) in [4.78, 5) is 23.1. The van der Waals surface area contributed by atoms with Crippen LogP contribution in [-0.2, 0) is 4.79 Å². The van der Waals surface area contributed by atoms with Crippen LogP contribution in [0.2, 0.25) is 0 Å². The Morgan fingerprint density at radius 3 is 2.67 bits per heavy atom. The van der Waals surface area contributed by atoms with Crippen molar-refractivity contribution < 1.29 is 19.2 Å². The third-order valence-corrected chi connectivity index (χ3v) is 4.02. The van der Waals surface area contributed by atoms with Gasteiger partial charge < -0.3 is 20.3 Å². The molecule has 0 radical (unpaired) electrons. The average Bonchev–Trinajstić information content (AvgIpc) is 2.96. The van der Waals surface area contributed by atoms with Gasteiger partial charge in [0.2, 0.25) is 0 Å². The first kappa shape index (κ1) is 15.3. The molecule has 0 aromatic carbocycles. The normalized spacial score (nSPS) is 22.8. The lowest BCUT2D eigenvalue weighted by atomic mass is 10.0. The maximum atomic E-state index is 12.0. The Morgan fingerprint density at radius 1 is 1.38 bits per heavy atom. The standard InChI is InChI=1S/C14H21N3O4/c1-7(12-8(2)17-21-9(12)3)15-14(20)16-11-6-4-5-10(11)13(18)19/h7,10-11H,4-6H2,1-3H3,(H,18,19)(H2,15,16,20). The Morgan fingerprint density at radius 2 is 2.10 bits per heavy atom. The Labute approximate surface area is 123 Å². The van der Waals surface area contributed by atoms with Gasteiger partial charge in [0.05, 0.1) is 17.7 Å². The summed E-state index contributed by atoms with van der Waals surface area (Å²) >= 11 is 0. The number of hydrogen-bond donors (Lipinski definition) is 3. The van der Waals surface area contributed by atoms with Gasteiger partial charge in [-0.25, -0.2) is 4.79 Å². The van der Waals surface area contributed by atoms with E-state index in [1.807, 2.05) is 13.8 Å². The molecule has 21 heavy (non-hydrogen) atoms. The van der Waals surface area contributed by atoms with Crippen LogP contribution in [0.5, 0.6) is 0 Å². The van der Waals surface area contributed by atoms with E-state index in [1.54, 1.807) is 6.92 Å². The smallest absolute Gasteiger partial charge is 0.315 e. The minimum absolute atomic E-state index is 0.249. The molecular weight excluding hydrogens is 274 g/mol. The molecule has 0 aliphatic heterocycles. The highest BCUT2D eigenvalue weighted by Crippen LogP contribution is 2.26. The second-order valence-electron chi connectivity index (χ2n) is 5.56. The molecule has 0 saturated heterocycles. The summed E-state index contributed by atoms with van der Waals surface area (Å²) in [5.41, 5.74) is 1.59. The van der Waals surface area contributed by atoms with Crippen molar-refractivity contribution >= 4 is 12.0 Å². The van der Waals surface area contributed by atoms with Crippen molar-refractivity contribution in [1.82, 2.24) is 15.8 Å². The molecule has 0 spiro atoms. The predicted molar refractivity (Wildman–Crippen MR) is 74.8 cm³/mol. The largest absolute Gasteiger partial charge is 0.481 e. The van der Waals surface area contributed by atoms with Crippen LogP contribution in [0.4, 0.5) is 4.79 Å². The fraction of sp³-hybridized carbons (Fsp3) is 0.643. The van der Waals surface area contributed by atoms with Crippen molar-refractivity contribution in [2.24, 2.45) is 5.92 Å². The minimum Gasteiger partial charge on any atom is -0.481 e. The number of aliphatic carboxylic acids is 1. The number of rotatable bonds is 4. The predicted octanol–water partition coefficient (Wildman–Crippen LogP) is 1.90. The number of aromatic nitrogens is 1. The van der Waals surface area contributed by atoms with Gasteiger partial charge in [0, 0.05) is 11.6 Å². The van der Waals surface area contributed by atoms with E-state index in [-0.39, 0.29) is 18.1 Å². The molecule has 116 valence electrons. The van der Waals surface area contributed by atoms with Crippen LogP contribution in [0, 0.1) is 19.8 Å². The number of carbonyl (C=O) groups is 2. The number of nitrogens with zero attached hydrogens (tertiary/aromatic N) is 1. The molecule has 1 aromatic rings. The molecule has 1 fully saturated rings. The van der Waals surface area contributed by atoms with E-state index < -0.39 is 11.9 Å². The maximum absolute atomic E-state index is 12.0. The number of nitrogens with one attached hydrogen (secondary N) is 2. The zero-order valence-corrected chi connectivity index (χ0v) is 12.5. The van der Waals surface area contributed by atoms with Crippen molar-refractivity contribution in [3.63, 3.8) is 0 Å². The summed E-state index contributed by atoms with van der Waals surface area (Å²) in [5.74, 6) is -0.675. The fourth-order valence-electron chi connectivity index (χ4n) is 3.02. The quantitative estimate of drug-likeness (QED) is 0.787. The molecule has 3 unspecified atom stereocenters. The van der Waals surface area contributed by atoms with E-state index >= 15 is 0 Å². The Hall–Kier alpha value is -2.05. The lowest BCUT2D eigenvalue weighted by molar-refractivity contribution is -0.142. The first-order valence-electron chi connectivity index (χ1n) is 7.12. The van der Waals surface area contributed by atoms with Gasteiger partial charge in [0.25, 0.3) is 0 Å². The molecule has 1 heterocycles. The Bertz CT molecular complexity index is 521. The number of urea groups is 1. The van der Waals surface area contributed by atoms with Crippen LogP contribution in [0.3, 0.4) is 0 Å². The number of amides is 2. The van der Waals surface area contributed by atoms with Crippen LogP contribution in [0.1, 0.15) is 49.2 Å². The Balaban J connectivity index is 1.94. The van der Waals surface area contributed by atoms with Crippen molar-refractivity contribution in [3.8, 4) is 0 Å². The van der Waals surface area contributed by atoms with Gasteiger partial charge in [-0.1, -0.05) is 11.6 Å². The molecule has 1 aliphatic carbocycles. The minimum atomic E-state index is -0.850. The van der Waals surface area contributed by atoms with Crippen LogP contribution in [0.15, 0.2) is 4.52 Å². The van der Waals surface area contributed by atoms with Crippen molar-refractivity contribution in [2.75, 3.05) is 0 Å². The van der Waals surface area contributed by atoms with Gasteiger partial charge in [-0.3, -0.25) is 4.79 Å². The molecule has 0 bridgehead atoms. The van der Waals surface area contributed by atoms with Gasteiger partial charge in [-0.15, -0.1) is 0 Å². The molecular formula is C14H21N3O4. The molecule has 1 saturated carbocycles. The van der Waals surface area contributed by atoms with Crippen molar-refractivity contribution in [3.05, 3.63) is 17.0 Å². The molecule has 7 nitrogen and oxygen atoms in total. The van der Waals surface area contributed by atoms with Crippen LogP contribution >= 0.6 is 0 Å². The monoisotopic (exact) mass is 295 g/mol. The second kappa shape index (κ2) is 6.15. The molecule has 1 aromatic heterocycles. The topological polar surface area (TPSA) is 104 Å². The summed E-state index contributed by atoms with van der Waals surface area (Å²) in [6, 6.07) is -0.916. The average molecular weight is 295 g/mol. The first-order valence-corrected chi connectivity index (χ1v) is 7.12. The SMILES string of the molecule is Cc1noc(C)c1C(C)NC(=O)NC1CCCC1C(=O)O. The van der Waals surface area contributed by atoms with Gasteiger partial charge in [0.15, 0.2) is 0 Å². The zero-order chi connectivity index (χ0) is 15.6. The van der Waals surface area contributed by atoms with E-state index in [1.165, 1.54) is 0 Å². The number of carboxylic acids is 1. The summed E-state index contributed by atoms with van der Waals surface area (Å²) in [5, 5.41) is 18.5. The van der Waals surface area contributed by atoms with E-state index in [0.29, 0.717) is 18.6 Å². The van der Waals surface area contributed by atoms with Gasteiger partial charge in [-0.05, 0) is 33.6 Å². The van der Waals surface area contributed by atoms with E-state index in [2.05, 4.69) is 15.8 Å². The second-order valence-corrected chi connectivity index (χ2v) is 5.56. The number of hydrogen-bond acceptors (Lipinski definition) is 4. The third kappa shape index (κ3) is 3.34. The van der Waals surface area contributed by atoms with Gasteiger partial charge in [0.1, 0.15) is 5.76 Å². The summed E-state index contributed by atoms with van der Waals surface area (Å²) < 4.78 is 5.08. The first-order chi connectivity index (χ1) is 9.90. The molecule has 1 aliphatic rings. The highest BCUT2D eigenvalue weighted by atomic mass is 16.5. The highest BCUT2D eigenvalue weighted by Gasteiger charge is 2.34. The summed E-state index contributed by atoms with van der Waals surface area (Å²) in [7, 11) is 0. The van der Waals surface area contributed by atoms with E-state index in [0.717, 1.165) is 17.7 Å². The van der Waals surface area contributed by atoms with Gasteiger partial charge in [-0.2, -0.15) is 0 Å². The molecule has 7 heteroatoms. The van der Waals surface area contributed by atoms with Crippen molar-refractivity contribution in [1.29, 1.82) is 0 Å². The number of carbonyl (C=O) groups excluding carboxylic acids is 1. The molecule has 2 rings (SSSR count). The molecule has 3 N–H and O–H groups in total.